The predicted octanol–water partition coefficient (Wildman–Crippen LogP) is -2.23. The SMILES string of the molecule is COc1ccc(CN2CCN(CC(CS(=O)(=O)O)OC(C)=O)CC2)c(OC)c1OC.[H-].[Na+]. The van der Waals surface area contributed by atoms with Gasteiger partial charge in [0.2, 0.25) is 5.75 Å². The summed E-state index contributed by atoms with van der Waals surface area (Å²) in [5, 5.41) is 0. The first kappa shape index (κ1) is 28.0. The first-order valence-electron chi connectivity index (χ1n) is 9.51. The van der Waals surface area contributed by atoms with Gasteiger partial charge in [0.05, 0.1) is 21.3 Å². The number of methoxy groups -OCH3 is 3. The average molecular weight is 471 g/mol. The van der Waals surface area contributed by atoms with Gasteiger partial charge in [0.1, 0.15) is 11.9 Å². The number of carbonyl (C=O) groups excluding carboxylic acids is 1. The molecule has 1 aromatic rings. The molecule has 12 heteroatoms. The van der Waals surface area contributed by atoms with Crippen LogP contribution in [0.3, 0.4) is 0 Å². The zero-order valence-electron chi connectivity index (χ0n) is 19.8. The molecule has 2 rings (SSSR count). The fraction of sp³-hybridized carbons (Fsp3) is 0.632. The minimum atomic E-state index is -4.24. The molecular weight excluding hydrogens is 439 g/mol. The van der Waals surface area contributed by atoms with Crippen molar-refractivity contribution in [2.75, 3.05) is 59.8 Å². The van der Waals surface area contributed by atoms with Crippen LogP contribution in [-0.4, -0.2) is 94.6 Å². The summed E-state index contributed by atoms with van der Waals surface area (Å²) in [7, 11) is 0.480. The van der Waals surface area contributed by atoms with Gasteiger partial charge in [-0.1, -0.05) is 6.07 Å². The van der Waals surface area contributed by atoms with Gasteiger partial charge in [-0.15, -0.1) is 0 Å². The summed E-state index contributed by atoms with van der Waals surface area (Å²) in [5.74, 6) is 0.573. The Morgan fingerprint density at radius 3 is 2.13 bits per heavy atom. The van der Waals surface area contributed by atoms with Gasteiger partial charge in [0.25, 0.3) is 10.1 Å². The van der Waals surface area contributed by atoms with Crippen LogP contribution in [0.4, 0.5) is 0 Å². The topological polar surface area (TPSA) is 115 Å². The minimum absolute atomic E-state index is 0. The number of benzene rings is 1. The molecule has 1 unspecified atom stereocenters. The van der Waals surface area contributed by atoms with Gasteiger partial charge in [-0.2, -0.15) is 8.42 Å². The van der Waals surface area contributed by atoms with Crippen molar-refractivity contribution in [3.8, 4) is 17.2 Å². The zero-order chi connectivity index (χ0) is 22.3. The molecule has 1 fully saturated rings. The van der Waals surface area contributed by atoms with Crippen molar-refractivity contribution in [1.29, 1.82) is 0 Å². The summed E-state index contributed by atoms with van der Waals surface area (Å²) >= 11 is 0. The molecule has 0 radical (unpaired) electrons. The molecule has 0 aromatic heterocycles. The molecule has 0 spiro atoms. The summed E-state index contributed by atoms with van der Waals surface area (Å²) in [6, 6.07) is 3.78. The van der Waals surface area contributed by atoms with Gasteiger partial charge in [-0.05, 0) is 6.07 Å². The van der Waals surface area contributed by atoms with Gasteiger partial charge in [-0.25, -0.2) is 0 Å². The van der Waals surface area contributed by atoms with Crippen molar-refractivity contribution < 1.29 is 67.7 Å². The van der Waals surface area contributed by atoms with Crippen LogP contribution in [0.25, 0.3) is 0 Å². The van der Waals surface area contributed by atoms with Crippen LogP contribution in [0.1, 0.15) is 13.9 Å². The number of carbonyl (C=O) groups is 1. The number of hydrogen-bond donors (Lipinski definition) is 1. The van der Waals surface area contributed by atoms with Gasteiger partial charge in [0.15, 0.2) is 11.5 Å². The second kappa shape index (κ2) is 12.8. The minimum Gasteiger partial charge on any atom is -1.00 e. The first-order valence-corrected chi connectivity index (χ1v) is 11.1. The molecule has 1 saturated heterocycles. The van der Waals surface area contributed by atoms with Crippen LogP contribution < -0.4 is 43.8 Å². The number of esters is 1. The predicted molar refractivity (Wildman–Crippen MR) is 111 cm³/mol. The molecule has 0 bridgehead atoms. The Kier molecular flexibility index (Phi) is 11.6. The maximum absolute atomic E-state index is 11.2. The molecule has 0 saturated carbocycles. The quantitative estimate of drug-likeness (QED) is 0.229. The maximum atomic E-state index is 11.2. The largest absolute Gasteiger partial charge is 1.00 e. The van der Waals surface area contributed by atoms with Crippen LogP contribution in [0.2, 0.25) is 0 Å². The molecule has 1 atom stereocenters. The fourth-order valence-electron chi connectivity index (χ4n) is 3.54. The van der Waals surface area contributed by atoms with E-state index in [1.807, 2.05) is 17.0 Å². The van der Waals surface area contributed by atoms with E-state index in [0.29, 0.717) is 36.9 Å². The number of nitrogens with zero attached hydrogens (tertiary/aromatic N) is 2. The smallest absolute Gasteiger partial charge is 1.00 e. The summed E-state index contributed by atoms with van der Waals surface area (Å²) in [4.78, 5) is 15.5. The Hall–Kier alpha value is -1.08. The van der Waals surface area contributed by atoms with Crippen molar-refractivity contribution in [3.05, 3.63) is 17.7 Å². The van der Waals surface area contributed by atoms with E-state index < -0.39 is 27.9 Å². The summed E-state index contributed by atoms with van der Waals surface area (Å²) < 4.78 is 52.8. The molecule has 1 aliphatic heterocycles. The van der Waals surface area contributed by atoms with Crippen LogP contribution in [-0.2, 0) is 26.2 Å². The monoisotopic (exact) mass is 470 g/mol. The number of hydrogen-bond acceptors (Lipinski definition) is 9. The van der Waals surface area contributed by atoms with Crippen molar-refractivity contribution in [2.45, 2.75) is 19.6 Å². The van der Waals surface area contributed by atoms with E-state index in [-0.39, 0.29) is 37.5 Å². The molecule has 0 aliphatic carbocycles. The molecule has 1 heterocycles. The summed E-state index contributed by atoms with van der Waals surface area (Å²) in [6.45, 7) is 4.90. The van der Waals surface area contributed by atoms with Crippen molar-refractivity contribution in [2.24, 2.45) is 0 Å². The number of piperazine rings is 1. The fourth-order valence-corrected chi connectivity index (χ4v) is 4.18. The van der Waals surface area contributed by atoms with Crippen molar-refractivity contribution in [3.63, 3.8) is 0 Å². The molecule has 10 nitrogen and oxygen atoms in total. The second-order valence-electron chi connectivity index (χ2n) is 7.05. The Morgan fingerprint density at radius 1 is 1.06 bits per heavy atom. The molecule has 31 heavy (non-hydrogen) atoms. The van der Waals surface area contributed by atoms with Crippen LogP contribution >= 0.6 is 0 Å². The standard InChI is InChI=1S/C19H30N2O8S.Na.H/c1-14(22)29-16(13-30(23,24)25)12-21-9-7-20(8-10-21)11-15-5-6-17(26-2)19(28-4)18(15)27-3;;/h5-6,16H,7-13H2,1-4H3,(H,23,24,25);;/q;+1;-1. The van der Waals surface area contributed by atoms with Gasteiger partial charge >= 0.3 is 35.5 Å². The van der Waals surface area contributed by atoms with Crippen molar-refractivity contribution >= 4 is 16.1 Å². The van der Waals surface area contributed by atoms with Crippen LogP contribution in [0, 0.1) is 0 Å². The molecule has 1 N–H and O–H groups in total. The van der Waals surface area contributed by atoms with Gasteiger partial charge < -0.3 is 20.4 Å². The van der Waals surface area contributed by atoms with Crippen molar-refractivity contribution in [1.82, 2.24) is 9.80 Å². The van der Waals surface area contributed by atoms with E-state index >= 15 is 0 Å². The summed E-state index contributed by atoms with van der Waals surface area (Å²) in [6.07, 6.45) is -0.907. The molecule has 1 aromatic carbocycles. The van der Waals surface area contributed by atoms with Crippen LogP contribution in [0.15, 0.2) is 12.1 Å². The molecule has 172 valence electrons. The first-order chi connectivity index (χ1) is 14.2. The Bertz CT molecular complexity index is 835. The number of ether oxygens (including phenoxy) is 4. The normalized spacial score (nSPS) is 16.2. The van der Waals surface area contributed by atoms with E-state index in [9.17, 15) is 13.2 Å². The summed E-state index contributed by atoms with van der Waals surface area (Å²) in [5.41, 5.74) is 0.966. The third kappa shape index (κ3) is 8.76. The third-order valence-electron chi connectivity index (χ3n) is 4.84. The van der Waals surface area contributed by atoms with E-state index in [1.54, 1.807) is 21.3 Å². The Morgan fingerprint density at radius 2 is 1.65 bits per heavy atom. The van der Waals surface area contributed by atoms with E-state index in [4.69, 9.17) is 23.5 Å². The maximum Gasteiger partial charge on any atom is 1.00 e. The average Bonchev–Trinajstić information content (AvgIpc) is 2.67. The van der Waals surface area contributed by atoms with Gasteiger partial charge in [0, 0.05) is 51.8 Å². The molecular formula is C19H31N2NaO8S. The van der Waals surface area contributed by atoms with E-state index in [0.717, 1.165) is 18.7 Å². The zero-order valence-corrected chi connectivity index (χ0v) is 21.6. The van der Waals surface area contributed by atoms with Crippen LogP contribution in [0.5, 0.6) is 17.2 Å². The second-order valence-corrected chi connectivity index (χ2v) is 8.55. The van der Waals surface area contributed by atoms with Gasteiger partial charge in [-0.3, -0.25) is 19.1 Å². The number of rotatable bonds is 10. The third-order valence-corrected chi connectivity index (χ3v) is 5.63. The van der Waals surface area contributed by atoms with E-state index in [1.165, 1.54) is 6.92 Å². The van der Waals surface area contributed by atoms with E-state index in [2.05, 4.69) is 4.90 Å². The Labute approximate surface area is 207 Å². The Balaban J connectivity index is 0.00000480. The molecule has 1 aliphatic rings. The molecule has 0 amide bonds.